The number of furan rings is 2. The quantitative estimate of drug-likeness (QED) is 0.176. The maximum absolute atomic E-state index is 6.64. The van der Waals surface area contributed by atoms with Crippen LogP contribution in [0.1, 0.15) is 0 Å². The summed E-state index contributed by atoms with van der Waals surface area (Å²) in [6.07, 6.45) is 0. The van der Waals surface area contributed by atoms with E-state index in [1.165, 1.54) is 43.4 Å². The van der Waals surface area contributed by atoms with Crippen molar-refractivity contribution in [3.8, 4) is 39.9 Å². The molecule has 0 saturated heterocycles. The summed E-state index contributed by atoms with van der Waals surface area (Å²) in [6.45, 7) is 0. The van der Waals surface area contributed by atoms with E-state index in [-0.39, 0.29) is 0 Å². The van der Waals surface area contributed by atoms with Crippen molar-refractivity contribution < 1.29 is 8.83 Å². The number of fused-ring (bicyclic) bond motifs is 15. The second-order valence-electron chi connectivity index (χ2n) is 17.6. The Kier molecular flexibility index (Phi) is 7.40. The topological polar surface area (TPSA) is 69.9 Å². The van der Waals surface area contributed by atoms with E-state index in [0.717, 1.165) is 87.8 Å². The molecule has 0 aliphatic carbocycles. The lowest BCUT2D eigenvalue weighted by Gasteiger charge is -2.11. The molecular weight excluding hydrogens is 821 g/mol. The van der Waals surface area contributed by atoms with Crippen molar-refractivity contribution in [2.75, 3.05) is 0 Å². The summed E-state index contributed by atoms with van der Waals surface area (Å²) < 4.78 is 15.4. The van der Waals surface area contributed by atoms with E-state index in [0.29, 0.717) is 17.5 Å². The number of rotatable bonds is 4. The highest BCUT2D eigenvalue weighted by Gasteiger charge is 2.20. The van der Waals surface area contributed by atoms with E-state index in [1.807, 2.05) is 30.3 Å². The molecule has 0 atom stereocenters. The minimum atomic E-state index is 0.564. The number of hydrogen-bond acceptors (Lipinski definition) is 5. The van der Waals surface area contributed by atoms with Crippen molar-refractivity contribution >= 4 is 109 Å². The van der Waals surface area contributed by atoms with E-state index in [1.54, 1.807) is 0 Å². The fourth-order valence-electron chi connectivity index (χ4n) is 10.6. The molecule has 15 rings (SSSR count). The summed E-state index contributed by atoms with van der Waals surface area (Å²) in [4.78, 5) is 15.5. The first-order valence-corrected chi connectivity index (χ1v) is 22.6. The van der Waals surface area contributed by atoms with Crippen LogP contribution in [0.5, 0.6) is 0 Å². The van der Waals surface area contributed by atoms with Crippen LogP contribution in [0.25, 0.3) is 149 Å². The molecule has 4 aromatic heterocycles. The van der Waals surface area contributed by atoms with Gasteiger partial charge in [0.2, 0.25) is 0 Å². The molecule has 0 aliphatic heterocycles. The lowest BCUT2D eigenvalue weighted by atomic mass is 10.0. The fourth-order valence-corrected chi connectivity index (χ4v) is 10.6. The summed E-state index contributed by atoms with van der Waals surface area (Å²) in [7, 11) is 0. The summed E-state index contributed by atoms with van der Waals surface area (Å²) in [6, 6.07) is 73.0. The van der Waals surface area contributed by atoms with Crippen LogP contribution in [0.3, 0.4) is 0 Å². The maximum atomic E-state index is 6.64. The number of aromatic nitrogens is 4. The van der Waals surface area contributed by atoms with Gasteiger partial charge in [0.1, 0.15) is 22.3 Å². The molecule has 11 aromatic carbocycles. The van der Waals surface area contributed by atoms with E-state index in [4.69, 9.17) is 23.8 Å². The van der Waals surface area contributed by atoms with Crippen LogP contribution < -0.4 is 0 Å². The number of hydrogen-bond donors (Lipinski definition) is 0. The van der Waals surface area contributed by atoms with Crippen LogP contribution >= 0.6 is 0 Å². The van der Waals surface area contributed by atoms with Crippen molar-refractivity contribution in [1.82, 2.24) is 19.5 Å². The van der Waals surface area contributed by atoms with Gasteiger partial charge in [-0.25, -0.2) is 15.0 Å². The Morgan fingerprint density at radius 3 is 1.67 bits per heavy atom. The zero-order valence-corrected chi connectivity index (χ0v) is 35.7. The zero-order chi connectivity index (χ0) is 43.7. The first kappa shape index (κ1) is 36.2. The van der Waals surface area contributed by atoms with Crippen LogP contribution in [-0.2, 0) is 0 Å². The third-order valence-electron chi connectivity index (χ3n) is 13.8. The summed E-state index contributed by atoms with van der Waals surface area (Å²) in [5, 5.41) is 16.1. The predicted octanol–water partition coefficient (Wildman–Crippen LogP) is 16.4. The Balaban J connectivity index is 0.942. The Hall–Kier alpha value is -9.13. The molecule has 0 saturated carbocycles. The second-order valence-corrected chi connectivity index (χ2v) is 17.6. The minimum Gasteiger partial charge on any atom is -0.456 e. The first-order chi connectivity index (χ1) is 33.1. The zero-order valence-electron chi connectivity index (χ0n) is 35.7. The van der Waals surface area contributed by atoms with Gasteiger partial charge in [-0.1, -0.05) is 127 Å². The van der Waals surface area contributed by atoms with E-state index >= 15 is 0 Å². The highest BCUT2D eigenvalue weighted by Crippen LogP contribution is 2.42. The molecule has 0 radical (unpaired) electrons. The van der Waals surface area contributed by atoms with Gasteiger partial charge >= 0.3 is 0 Å². The van der Waals surface area contributed by atoms with Crippen LogP contribution in [-0.4, -0.2) is 19.5 Å². The lowest BCUT2D eigenvalue weighted by Crippen LogP contribution is -2.00. The Morgan fingerprint density at radius 1 is 0.284 bits per heavy atom. The molecule has 15 aromatic rings. The standard InChI is InChI=1S/C61H34N4O2/c1-2-11-38-29-41(18-17-35(38)9-1)59-62-60(64-61(63-59)43-20-25-47-46-15-7-8-16-53(46)67-56(47)33-43)42-23-27-54-50(31-42)58-48-34-44(24-19-37(48)22-28-55(58)66-54)65-51-26-21-36-10-5-6-14-45(36)57(51)49-30-39-12-3-4-13-40(39)32-52(49)65/h1-34H. The van der Waals surface area contributed by atoms with Gasteiger partial charge in [0, 0.05) is 54.7 Å². The largest absolute Gasteiger partial charge is 0.456 e. The smallest absolute Gasteiger partial charge is 0.164 e. The number of para-hydroxylation sites is 1. The Labute approximate surface area is 381 Å². The van der Waals surface area contributed by atoms with Crippen LogP contribution in [0.15, 0.2) is 215 Å². The van der Waals surface area contributed by atoms with Gasteiger partial charge in [-0.05, 0) is 122 Å². The Morgan fingerprint density at radius 2 is 0.836 bits per heavy atom. The molecule has 310 valence electrons. The molecule has 0 fully saturated rings. The van der Waals surface area contributed by atoms with Crippen LogP contribution in [0.2, 0.25) is 0 Å². The highest BCUT2D eigenvalue weighted by atomic mass is 16.3. The third kappa shape index (κ3) is 5.47. The van der Waals surface area contributed by atoms with Crippen LogP contribution in [0, 0.1) is 0 Å². The summed E-state index contributed by atoms with van der Waals surface area (Å²) >= 11 is 0. The molecule has 0 amide bonds. The monoisotopic (exact) mass is 854 g/mol. The lowest BCUT2D eigenvalue weighted by molar-refractivity contribution is 0.668. The van der Waals surface area contributed by atoms with Gasteiger partial charge in [0.15, 0.2) is 17.5 Å². The van der Waals surface area contributed by atoms with E-state index in [2.05, 4.69) is 180 Å². The second kappa shape index (κ2) is 13.7. The van der Waals surface area contributed by atoms with Crippen LogP contribution in [0.4, 0.5) is 0 Å². The summed E-state index contributed by atoms with van der Waals surface area (Å²) in [5.41, 5.74) is 9.29. The van der Waals surface area contributed by atoms with Crippen molar-refractivity contribution in [2.24, 2.45) is 0 Å². The maximum Gasteiger partial charge on any atom is 0.164 e. The molecule has 4 heterocycles. The molecular formula is C61H34N4O2. The predicted molar refractivity (Wildman–Crippen MR) is 275 cm³/mol. The minimum absolute atomic E-state index is 0.564. The molecule has 6 nitrogen and oxygen atoms in total. The molecule has 0 N–H and O–H groups in total. The average Bonchev–Trinajstić information content (AvgIpc) is 4.06. The van der Waals surface area contributed by atoms with Gasteiger partial charge in [-0.3, -0.25) is 0 Å². The first-order valence-electron chi connectivity index (χ1n) is 22.6. The molecule has 6 heteroatoms. The highest BCUT2D eigenvalue weighted by molar-refractivity contribution is 6.24. The molecule has 0 spiro atoms. The summed E-state index contributed by atoms with van der Waals surface area (Å²) in [5.74, 6) is 1.73. The molecule has 0 aliphatic rings. The Bertz CT molecular complexity index is 4590. The molecule has 0 bridgehead atoms. The molecule has 67 heavy (non-hydrogen) atoms. The van der Waals surface area contributed by atoms with Crippen molar-refractivity contribution in [2.45, 2.75) is 0 Å². The van der Waals surface area contributed by atoms with Gasteiger partial charge in [0.25, 0.3) is 0 Å². The van der Waals surface area contributed by atoms with E-state index < -0.39 is 0 Å². The van der Waals surface area contributed by atoms with Gasteiger partial charge in [-0.15, -0.1) is 0 Å². The number of benzene rings is 11. The average molecular weight is 855 g/mol. The number of nitrogens with zero attached hydrogens (tertiary/aromatic N) is 4. The normalized spacial score (nSPS) is 12.2. The van der Waals surface area contributed by atoms with Gasteiger partial charge in [-0.2, -0.15) is 0 Å². The van der Waals surface area contributed by atoms with Crippen molar-refractivity contribution in [1.29, 1.82) is 0 Å². The van der Waals surface area contributed by atoms with Crippen molar-refractivity contribution in [3.63, 3.8) is 0 Å². The van der Waals surface area contributed by atoms with Crippen molar-refractivity contribution in [3.05, 3.63) is 206 Å². The van der Waals surface area contributed by atoms with Gasteiger partial charge < -0.3 is 13.4 Å². The SMILES string of the molecule is c1ccc2cc(-c3nc(-c4ccc5c(c4)oc4ccccc45)nc(-c4ccc5oc6ccc7ccc(-n8c9cc%10ccccc%10cc9c9c%10ccccc%10ccc98)cc7c6c5c4)n3)ccc2c1. The molecule has 0 unspecified atom stereocenters. The fraction of sp³-hybridized carbons (Fsp3) is 0. The third-order valence-corrected chi connectivity index (χ3v) is 13.8. The van der Waals surface area contributed by atoms with Gasteiger partial charge in [0.05, 0.1) is 11.0 Å². The van der Waals surface area contributed by atoms with E-state index in [9.17, 15) is 0 Å².